The maximum atomic E-state index is 11.1. The lowest BCUT2D eigenvalue weighted by Gasteiger charge is -2.08. The van der Waals surface area contributed by atoms with E-state index in [1.54, 1.807) is 13.8 Å². The minimum Gasteiger partial charge on any atom is -0.295 e. The molecule has 0 heterocycles. The molecule has 1 rings (SSSR count). The first-order valence-corrected chi connectivity index (χ1v) is 4.34. The van der Waals surface area contributed by atoms with Gasteiger partial charge in [-0.1, -0.05) is 0 Å². The molecule has 0 spiro atoms. The lowest BCUT2D eigenvalue weighted by atomic mass is 9.98. The van der Waals surface area contributed by atoms with Crippen molar-refractivity contribution in [1.29, 1.82) is 0 Å². The molecule has 0 aromatic heterocycles. The van der Waals surface area contributed by atoms with E-state index in [4.69, 9.17) is 10.5 Å². The Labute approximate surface area is 90.9 Å². The summed E-state index contributed by atoms with van der Waals surface area (Å²) in [6, 6.07) is 2.60. The highest BCUT2D eigenvalue weighted by Crippen LogP contribution is 2.19. The van der Waals surface area contributed by atoms with Crippen LogP contribution in [0, 0.1) is 13.8 Å². The van der Waals surface area contributed by atoms with Gasteiger partial charge in [-0.25, -0.2) is 9.59 Å². The molecule has 1 aromatic rings. The van der Waals surface area contributed by atoms with Gasteiger partial charge in [-0.15, -0.1) is 0 Å². The molecule has 0 saturated heterocycles. The first-order chi connectivity index (χ1) is 7.52. The van der Waals surface area contributed by atoms with E-state index in [9.17, 15) is 9.59 Å². The van der Waals surface area contributed by atoms with E-state index in [2.05, 4.69) is 9.78 Å². The molecule has 0 aliphatic carbocycles. The van der Waals surface area contributed by atoms with Crippen LogP contribution in [-0.2, 0) is 9.78 Å². The number of carbonyl (C=O) groups is 2. The summed E-state index contributed by atoms with van der Waals surface area (Å²) in [7, 11) is 0. The van der Waals surface area contributed by atoms with Crippen LogP contribution >= 0.6 is 0 Å². The van der Waals surface area contributed by atoms with Crippen LogP contribution in [0.25, 0.3) is 0 Å². The first kappa shape index (κ1) is 12.2. The molecule has 0 atom stereocenters. The molecule has 0 amide bonds. The SMILES string of the molecule is Cc1c(C(=O)OO)ccc(C(=O)OO)c1C. The van der Waals surface area contributed by atoms with Crippen molar-refractivity contribution in [2.45, 2.75) is 13.8 Å². The van der Waals surface area contributed by atoms with E-state index < -0.39 is 11.9 Å². The molecule has 6 heteroatoms. The predicted molar refractivity (Wildman–Crippen MR) is 52.0 cm³/mol. The molecule has 0 fully saturated rings. The van der Waals surface area contributed by atoms with Crippen LogP contribution in [0.5, 0.6) is 0 Å². The van der Waals surface area contributed by atoms with E-state index in [-0.39, 0.29) is 11.1 Å². The Hall–Kier alpha value is -1.92. The van der Waals surface area contributed by atoms with E-state index >= 15 is 0 Å². The van der Waals surface area contributed by atoms with Crippen LogP contribution in [0.15, 0.2) is 12.1 Å². The maximum absolute atomic E-state index is 11.1. The monoisotopic (exact) mass is 226 g/mol. The van der Waals surface area contributed by atoms with Crippen molar-refractivity contribution in [1.82, 2.24) is 0 Å². The van der Waals surface area contributed by atoms with E-state index in [0.29, 0.717) is 11.1 Å². The van der Waals surface area contributed by atoms with Gasteiger partial charge in [0.25, 0.3) is 0 Å². The Morgan fingerprint density at radius 3 is 1.50 bits per heavy atom. The summed E-state index contributed by atoms with van der Waals surface area (Å²) >= 11 is 0. The Kier molecular flexibility index (Phi) is 3.60. The summed E-state index contributed by atoms with van der Waals surface area (Å²) in [6.45, 7) is 3.16. The van der Waals surface area contributed by atoms with Crippen LogP contribution in [-0.4, -0.2) is 22.5 Å². The minimum atomic E-state index is -0.912. The summed E-state index contributed by atoms with van der Waals surface area (Å²) in [6.07, 6.45) is 0. The second-order valence-electron chi connectivity index (χ2n) is 3.17. The Balaban J connectivity index is 3.28. The number of rotatable bonds is 2. The molecule has 0 saturated carbocycles. The smallest absolute Gasteiger partial charge is 0.295 e. The lowest BCUT2D eigenvalue weighted by molar-refractivity contribution is -0.183. The van der Waals surface area contributed by atoms with Gasteiger partial charge in [0.05, 0.1) is 11.1 Å². The molecule has 86 valence electrons. The van der Waals surface area contributed by atoms with Gasteiger partial charge < -0.3 is 0 Å². The summed E-state index contributed by atoms with van der Waals surface area (Å²) in [5, 5.41) is 16.5. The van der Waals surface area contributed by atoms with Gasteiger partial charge in [0.1, 0.15) is 0 Å². The molecular formula is C10H10O6. The molecule has 0 unspecified atom stereocenters. The van der Waals surface area contributed by atoms with Crippen molar-refractivity contribution in [3.63, 3.8) is 0 Å². The third-order valence-electron chi connectivity index (χ3n) is 2.39. The molecule has 6 nitrogen and oxygen atoms in total. The molecule has 0 bridgehead atoms. The van der Waals surface area contributed by atoms with Crippen molar-refractivity contribution in [3.05, 3.63) is 34.4 Å². The fraction of sp³-hybridized carbons (Fsp3) is 0.200. The molecule has 0 radical (unpaired) electrons. The third kappa shape index (κ3) is 2.02. The summed E-state index contributed by atoms with van der Waals surface area (Å²) < 4.78 is 0. The molecule has 1 aromatic carbocycles. The number of hydrogen-bond donors (Lipinski definition) is 2. The molecular weight excluding hydrogens is 216 g/mol. The average Bonchev–Trinajstić information content (AvgIpc) is 2.30. The molecule has 16 heavy (non-hydrogen) atoms. The number of benzene rings is 1. The van der Waals surface area contributed by atoms with Crippen LogP contribution in [0.4, 0.5) is 0 Å². The van der Waals surface area contributed by atoms with Crippen molar-refractivity contribution in [2.24, 2.45) is 0 Å². The topological polar surface area (TPSA) is 93.1 Å². The first-order valence-electron chi connectivity index (χ1n) is 4.34. The van der Waals surface area contributed by atoms with Gasteiger partial charge in [-0.05, 0) is 37.1 Å². The van der Waals surface area contributed by atoms with E-state index in [0.717, 1.165) is 0 Å². The van der Waals surface area contributed by atoms with Crippen molar-refractivity contribution < 1.29 is 29.9 Å². The van der Waals surface area contributed by atoms with Gasteiger partial charge in [-0.3, -0.25) is 9.78 Å². The van der Waals surface area contributed by atoms with Crippen molar-refractivity contribution in [2.75, 3.05) is 0 Å². The average molecular weight is 226 g/mol. The number of hydrogen-bond acceptors (Lipinski definition) is 6. The highest BCUT2D eigenvalue weighted by Gasteiger charge is 2.18. The fourth-order valence-corrected chi connectivity index (χ4v) is 1.36. The van der Waals surface area contributed by atoms with Gasteiger partial charge >= 0.3 is 11.9 Å². The Morgan fingerprint density at radius 2 is 1.25 bits per heavy atom. The Morgan fingerprint density at radius 1 is 0.938 bits per heavy atom. The standard InChI is InChI=1S/C10H10O6/c1-5-6(2)8(10(12)16-14)4-3-7(5)9(11)15-13/h3-4,13-14H,1-2H3. The summed E-state index contributed by atoms with van der Waals surface area (Å²) in [5.74, 6) is -1.82. The highest BCUT2D eigenvalue weighted by molar-refractivity contribution is 5.95. The van der Waals surface area contributed by atoms with Crippen molar-refractivity contribution >= 4 is 11.9 Å². The van der Waals surface area contributed by atoms with Crippen LogP contribution in [0.3, 0.4) is 0 Å². The van der Waals surface area contributed by atoms with Crippen LogP contribution in [0.1, 0.15) is 31.8 Å². The largest absolute Gasteiger partial charge is 0.373 e. The van der Waals surface area contributed by atoms with Crippen molar-refractivity contribution in [3.8, 4) is 0 Å². The number of carbonyl (C=O) groups excluding carboxylic acids is 2. The van der Waals surface area contributed by atoms with Gasteiger partial charge in [0.15, 0.2) is 0 Å². The second kappa shape index (κ2) is 4.73. The normalized spacial score (nSPS) is 9.75. The lowest BCUT2D eigenvalue weighted by Crippen LogP contribution is -2.10. The zero-order chi connectivity index (χ0) is 12.3. The molecule has 2 N–H and O–H groups in total. The Bertz CT molecular complexity index is 396. The van der Waals surface area contributed by atoms with E-state index in [1.165, 1.54) is 12.1 Å². The van der Waals surface area contributed by atoms with Gasteiger partial charge in [-0.2, -0.15) is 10.5 Å². The molecule has 0 aliphatic rings. The summed E-state index contributed by atoms with van der Waals surface area (Å²) in [4.78, 5) is 29.4. The van der Waals surface area contributed by atoms with Gasteiger partial charge in [0.2, 0.25) is 0 Å². The third-order valence-corrected chi connectivity index (χ3v) is 2.39. The zero-order valence-corrected chi connectivity index (χ0v) is 8.68. The predicted octanol–water partition coefficient (Wildman–Crippen LogP) is 1.56. The van der Waals surface area contributed by atoms with Gasteiger partial charge in [0, 0.05) is 0 Å². The fourth-order valence-electron chi connectivity index (χ4n) is 1.36. The molecule has 0 aliphatic heterocycles. The minimum absolute atomic E-state index is 0.134. The zero-order valence-electron chi connectivity index (χ0n) is 8.68. The quantitative estimate of drug-likeness (QED) is 0.587. The summed E-state index contributed by atoms with van der Waals surface area (Å²) in [5.41, 5.74) is 1.19. The van der Waals surface area contributed by atoms with Crippen LogP contribution < -0.4 is 0 Å². The van der Waals surface area contributed by atoms with E-state index in [1.807, 2.05) is 0 Å². The second-order valence-corrected chi connectivity index (χ2v) is 3.17. The van der Waals surface area contributed by atoms with Crippen LogP contribution in [0.2, 0.25) is 0 Å². The maximum Gasteiger partial charge on any atom is 0.373 e. The highest BCUT2D eigenvalue weighted by atomic mass is 17.1.